The van der Waals surface area contributed by atoms with E-state index in [-0.39, 0.29) is 18.6 Å². The van der Waals surface area contributed by atoms with Crippen molar-refractivity contribution in [2.24, 2.45) is 4.99 Å². The second kappa shape index (κ2) is 5.17. The number of nitrogens with zero attached hydrogens (tertiary/aromatic N) is 1. The first-order valence-electron chi connectivity index (χ1n) is 3.19. The summed E-state index contributed by atoms with van der Waals surface area (Å²) in [6.45, 7) is 3.78. The Morgan fingerprint density at radius 2 is 2.27 bits per heavy atom. The summed E-state index contributed by atoms with van der Waals surface area (Å²) in [5.74, 6) is 0. The van der Waals surface area contributed by atoms with E-state index in [2.05, 4.69) is 17.3 Å². The average Bonchev–Trinajstić information content (AvgIpc) is 1.94. The van der Waals surface area contributed by atoms with Gasteiger partial charge in [-0.25, -0.2) is 11.3 Å². The van der Waals surface area contributed by atoms with E-state index in [9.17, 15) is 0 Å². The molecule has 0 saturated carbocycles. The van der Waals surface area contributed by atoms with Crippen LogP contribution >= 0.6 is 0 Å². The summed E-state index contributed by atoms with van der Waals surface area (Å²) >= 11 is 0. The van der Waals surface area contributed by atoms with Crippen LogP contribution in [0.3, 0.4) is 0 Å². The molecule has 0 atom stereocenters. The molecule has 0 aliphatic carbocycles. The van der Waals surface area contributed by atoms with Gasteiger partial charge in [0.2, 0.25) is 0 Å². The van der Waals surface area contributed by atoms with Crippen molar-refractivity contribution in [3.63, 3.8) is 0 Å². The maximum atomic E-state index is 4.00. The minimum atomic E-state index is 0. The van der Waals surface area contributed by atoms with Crippen molar-refractivity contribution >= 4 is 11.9 Å². The molecule has 1 radical (unpaired) electrons. The SMILES string of the molecule is C[C-]=Nc1[c-]cccc1C.[V+2]. The maximum absolute atomic E-state index is 4.00. The van der Waals surface area contributed by atoms with Gasteiger partial charge in [0.15, 0.2) is 0 Å². The van der Waals surface area contributed by atoms with Crippen LogP contribution in [0.5, 0.6) is 0 Å². The van der Waals surface area contributed by atoms with Crippen molar-refractivity contribution in [1.29, 1.82) is 0 Å². The van der Waals surface area contributed by atoms with Crippen molar-refractivity contribution in [3.8, 4) is 0 Å². The van der Waals surface area contributed by atoms with Gasteiger partial charge in [0.05, 0.1) is 0 Å². The van der Waals surface area contributed by atoms with E-state index in [1.807, 2.05) is 25.1 Å². The molecule has 1 aromatic rings. The smallest absolute Gasteiger partial charge is 0.482 e. The van der Waals surface area contributed by atoms with Crippen molar-refractivity contribution in [2.45, 2.75) is 13.8 Å². The molecule has 0 N–H and O–H groups in total. The normalized spacial score (nSPS) is 9.64. The van der Waals surface area contributed by atoms with Crippen molar-refractivity contribution in [2.75, 3.05) is 0 Å². The van der Waals surface area contributed by atoms with E-state index < -0.39 is 0 Å². The number of hydrogen-bond acceptors (Lipinski definition) is 1. The minimum Gasteiger partial charge on any atom is -0.482 e. The summed E-state index contributed by atoms with van der Waals surface area (Å²) in [5, 5.41) is 0. The first-order chi connectivity index (χ1) is 4.84. The third-order valence-electron chi connectivity index (χ3n) is 1.26. The molecular formula is C9H9NV. The molecule has 1 rings (SSSR count). The molecule has 1 aromatic carbocycles. The number of aliphatic imine (C=N–C) groups is 1. The summed E-state index contributed by atoms with van der Waals surface area (Å²) in [6, 6.07) is 8.81. The van der Waals surface area contributed by atoms with Gasteiger partial charge in [-0.2, -0.15) is 24.4 Å². The van der Waals surface area contributed by atoms with Crippen LogP contribution in [0, 0.1) is 13.0 Å². The van der Waals surface area contributed by atoms with Crippen molar-refractivity contribution < 1.29 is 18.6 Å². The number of aryl methyl sites for hydroxylation is 1. The molecule has 0 aliphatic rings. The average molecular weight is 182 g/mol. The van der Waals surface area contributed by atoms with Crippen LogP contribution < -0.4 is 0 Å². The zero-order chi connectivity index (χ0) is 7.40. The summed E-state index contributed by atoms with van der Waals surface area (Å²) in [7, 11) is 0. The van der Waals surface area contributed by atoms with Crippen LogP contribution in [0.1, 0.15) is 12.5 Å². The largest absolute Gasteiger partial charge is 2.00 e. The molecule has 2 heteroatoms. The van der Waals surface area contributed by atoms with Crippen molar-refractivity contribution in [3.05, 3.63) is 29.8 Å². The van der Waals surface area contributed by atoms with Crippen LogP contribution in [0.25, 0.3) is 0 Å². The monoisotopic (exact) mass is 182 g/mol. The predicted octanol–water partition coefficient (Wildman–Crippen LogP) is 2.39. The molecule has 0 aromatic heterocycles. The summed E-state index contributed by atoms with van der Waals surface area (Å²) in [4.78, 5) is 4.00. The van der Waals surface area contributed by atoms with Crippen LogP contribution in [0.4, 0.5) is 5.69 Å². The quantitative estimate of drug-likeness (QED) is 0.467. The van der Waals surface area contributed by atoms with Crippen LogP contribution in [0.2, 0.25) is 0 Å². The molecule has 0 aliphatic heterocycles. The summed E-state index contributed by atoms with van der Waals surface area (Å²) in [6.07, 6.45) is 2.72. The fourth-order valence-electron chi connectivity index (χ4n) is 0.745. The van der Waals surface area contributed by atoms with E-state index in [4.69, 9.17) is 0 Å². The van der Waals surface area contributed by atoms with Gasteiger partial charge in [-0.05, 0) is 0 Å². The second-order valence-electron chi connectivity index (χ2n) is 2.04. The van der Waals surface area contributed by atoms with E-state index in [0.717, 1.165) is 11.3 Å². The molecular weight excluding hydrogens is 173 g/mol. The van der Waals surface area contributed by atoms with Crippen LogP contribution in [-0.2, 0) is 18.6 Å². The van der Waals surface area contributed by atoms with Gasteiger partial charge in [-0.3, -0.25) is 6.07 Å². The van der Waals surface area contributed by atoms with Crippen LogP contribution in [0.15, 0.2) is 23.2 Å². The number of benzene rings is 1. The Balaban J connectivity index is 0.000001000. The molecule has 0 unspecified atom stereocenters. The number of rotatable bonds is 1. The number of para-hydroxylation sites is 1. The Bertz CT molecular complexity index is 243. The van der Waals surface area contributed by atoms with Crippen molar-refractivity contribution in [1.82, 2.24) is 0 Å². The fraction of sp³-hybridized carbons (Fsp3) is 0.222. The molecule has 11 heavy (non-hydrogen) atoms. The third-order valence-corrected chi connectivity index (χ3v) is 1.26. The topological polar surface area (TPSA) is 12.4 Å². The molecule has 0 saturated heterocycles. The van der Waals surface area contributed by atoms with Gasteiger partial charge in [0.25, 0.3) is 0 Å². The van der Waals surface area contributed by atoms with Gasteiger partial charge in [-0.1, -0.05) is 0 Å². The molecule has 1 nitrogen and oxygen atoms in total. The van der Waals surface area contributed by atoms with E-state index in [1.54, 1.807) is 6.92 Å². The number of hydrogen-bond donors (Lipinski definition) is 0. The summed E-state index contributed by atoms with van der Waals surface area (Å²) in [5.41, 5.74) is 2.02. The van der Waals surface area contributed by atoms with Crippen LogP contribution in [-0.4, -0.2) is 6.21 Å². The zero-order valence-electron chi connectivity index (χ0n) is 6.63. The van der Waals surface area contributed by atoms with E-state index in [1.165, 1.54) is 0 Å². The molecule has 0 fully saturated rings. The zero-order valence-corrected chi connectivity index (χ0v) is 8.02. The summed E-state index contributed by atoms with van der Waals surface area (Å²) < 4.78 is 0. The molecule has 0 spiro atoms. The first-order valence-corrected chi connectivity index (χ1v) is 3.19. The third kappa shape index (κ3) is 2.92. The predicted molar refractivity (Wildman–Crippen MR) is 42.8 cm³/mol. The molecule has 0 amide bonds. The standard InChI is InChI=1S/C9H9N.V/c1-3-10-9-7-5-4-6-8(9)2;/h4-6H,1-2H3;/q-2;+2. The molecule has 55 valence electrons. The Labute approximate surface area is 79.4 Å². The maximum Gasteiger partial charge on any atom is 2.00 e. The minimum absolute atomic E-state index is 0. The Kier molecular flexibility index (Phi) is 4.92. The molecule has 0 heterocycles. The van der Waals surface area contributed by atoms with Gasteiger partial charge in [0, 0.05) is 0 Å². The van der Waals surface area contributed by atoms with Gasteiger partial charge in [0.1, 0.15) is 0 Å². The second-order valence-corrected chi connectivity index (χ2v) is 2.04. The van der Waals surface area contributed by atoms with E-state index in [0.29, 0.717) is 0 Å². The Morgan fingerprint density at radius 3 is 2.82 bits per heavy atom. The first kappa shape index (κ1) is 10.5. The molecule has 0 bridgehead atoms. The Hall–Kier alpha value is -0.526. The fourth-order valence-corrected chi connectivity index (χ4v) is 0.745. The van der Waals surface area contributed by atoms with Gasteiger partial charge < -0.3 is 4.99 Å². The van der Waals surface area contributed by atoms with Gasteiger partial charge in [-0.15, -0.1) is 13.8 Å². The van der Waals surface area contributed by atoms with Gasteiger partial charge >= 0.3 is 18.6 Å². The van der Waals surface area contributed by atoms with E-state index >= 15 is 0 Å². The Morgan fingerprint density at radius 1 is 1.55 bits per heavy atom.